The quantitative estimate of drug-likeness (QED) is 0.633. The molecule has 3 rings (SSSR count). The first-order valence-electron chi connectivity index (χ1n) is 6.95. The van der Waals surface area contributed by atoms with Crippen molar-refractivity contribution in [3.63, 3.8) is 0 Å². The van der Waals surface area contributed by atoms with Gasteiger partial charge in [-0.25, -0.2) is 14.7 Å². The highest BCUT2D eigenvalue weighted by Gasteiger charge is 2.20. The Bertz CT molecular complexity index is 870. The summed E-state index contributed by atoms with van der Waals surface area (Å²) in [5.41, 5.74) is 8.80. The second-order valence-electron chi connectivity index (χ2n) is 5.01. The Morgan fingerprint density at radius 2 is 1.91 bits per heavy atom. The van der Waals surface area contributed by atoms with E-state index in [2.05, 4.69) is 15.3 Å². The van der Waals surface area contributed by atoms with Crippen molar-refractivity contribution in [3.8, 4) is 0 Å². The van der Waals surface area contributed by atoms with Gasteiger partial charge >= 0.3 is 6.03 Å². The molecule has 23 heavy (non-hydrogen) atoms. The second-order valence-corrected chi connectivity index (χ2v) is 5.01. The normalized spacial score (nSPS) is 10.5. The summed E-state index contributed by atoms with van der Waals surface area (Å²) >= 11 is 0. The maximum Gasteiger partial charge on any atom is 0.333 e. The number of nitrogens with two attached hydrogens (primary N) is 1. The SMILES string of the molecule is CC(=O)N(C(=O)Nc1ccc2nc[nH]c2c1)c1ccc(N)cc1. The number of imidazole rings is 1. The van der Waals surface area contributed by atoms with Crippen LogP contribution in [0.1, 0.15) is 6.92 Å². The van der Waals surface area contributed by atoms with Gasteiger partial charge in [-0.1, -0.05) is 0 Å². The molecule has 7 nitrogen and oxygen atoms in total. The first-order valence-corrected chi connectivity index (χ1v) is 6.95. The van der Waals surface area contributed by atoms with Crippen LogP contribution in [0.2, 0.25) is 0 Å². The van der Waals surface area contributed by atoms with Gasteiger partial charge in [0, 0.05) is 18.3 Å². The van der Waals surface area contributed by atoms with Gasteiger partial charge in [0.15, 0.2) is 0 Å². The molecule has 1 aromatic heterocycles. The molecule has 0 aliphatic carbocycles. The number of nitrogens with zero attached hydrogens (tertiary/aromatic N) is 2. The maximum atomic E-state index is 12.5. The molecule has 116 valence electrons. The average molecular weight is 309 g/mol. The lowest BCUT2D eigenvalue weighted by Gasteiger charge is -2.20. The Kier molecular flexibility index (Phi) is 3.68. The van der Waals surface area contributed by atoms with Gasteiger partial charge in [0.2, 0.25) is 5.91 Å². The molecule has 0 spiro atoms. The molecule has 0 bridgehead atoms. The fourth-order valence-electron chi connectivity index (χ4n) is 2.26. The number of aromatic amines is 1. The zero-order valence-electron chi connectivity index (χ0n) is 12.4. The van der Waals surface area contributed by atoms with Crippen molar-refractivity contribution >= 4 is 40.0 Å². The number of hydrogen-bond acceptors (Lipinski definition) is 4. The predicted molar refractivity (Wildman–Crippen MR) is 89.1 cm³/mol. The average Bonchev–Trinajstić information content (AvgIpc) is 2.96. The van der Waals surface area contributed by atoms with E-state index in [0.29, 0.717) is 17.1 Å². The number of amides is 3. The minimum Gasteiger partial charge on any atom is -0.399 e. The van der Waals surface area contributed by atoms with Crippen LogP contribution in [0.25, 0.3) is 11.0 Å². The highest BCUT2D eigenvalue weighted by Crippen LogP contribution is 2.20. The topological polar surface area (TPSA) is 104 Å². The first-order chi connectivity index (χ1) is 11.0. The lowest BCUT2D eigenvalue weighted by molar-refractivity contribution is -0.115. The van der Waals surface area contributed by atoms with E-state index in [1.165, 1.54) is 6.92 Å². The van der Waals surface area contributed by atoms with Gasteiger partial charge in [-0.15, -0.1) is 0 Å². The summed E-state index contributed by atoms with van der Waals surface area (Å²) in [6.07, 6.45) is 1.58. The fourth-order valence-corrected chi connectivity index (χ4v) is 2.26. The fraction of sp³-hybridized carbons (Fsp3) is 0.0625. The summed E-state index contributed by atoms with van der Waals surface area (Å²) in [6.45, 7) is 1.33. The van der Waals surface area contributed by atoms with Gasteiger partial charge < -0.3 is 16.0 Å². The summed E-state index contributed by atoms with van der Waals surface area (Å²) in [6, 6.07) is 11.2. The first kappa shape index (κ1) is 14.6. The number of anilines is 3. The standard InChI is InChI=1S/C16H15N5O2/c1-10(22)21(13-5-2-11(17)3-6-13)16(23)20-12-4-7-14-15(8-12)19-9-18-14/h2-9H,17H2,1H3,(H,18,19)(H,20,23). The molecular weight excluding hydrogens is 294 g/mol. The van der Waals surface area contributed by atoms with Crippen LogP contribution < -0.4 is 16.0 Å². The van der Waals surface area contributed by atoms with E-state index < -0.39 is 11.9 Å². The summed E-state index contributed by atoms with van der Waals surface area (Å²) in [4.78, 5) is 32.4. The zero-order valence-corrected chi connectivity index (χ0v) is 12.4. The van der Waals surface area contributed by atoms with Crippen LogP contribution in [0.3, 0.4) is 0 Å². The summed E-state index contributed by atoms with van der Waals surface area (Å²) in [7, 11) is 0. The number of imide groups is 1. The van der Waals surface area contributed by atoms with Crippen LogP contribution in [0.5, 0.6) is 0 Å². The third kappa shape index (κ3) is 2.98. The highest BCUT2D eigenvalue weighted by atomic mass is 16.2. The van der Waals surface area contributed by atoms with Gasteiger partial charge in [-0.2, -0.15) is 0 Å². The lowest BCUT2D eigenvalue weighted by Crippen LogP contribution is -2.38. The number of carbonyl (C=O) groups is 2. The van der Waals surface area contributed by atoms with Crippen molar-refractivity contribution in [3.05, 3.63) is 48.8 Å². The number of nitrogens with one attached hydrogen (secondary N) is 2. The maximum absolute atomic E-state index is 12.5. The number of aromatic nitrogens is 2. The molecule has 0 atom stereocenters. The van der Waals surface area contributed by atoms with Crippen LogP contribution >= 0.6 is 0 Å². The molecule has 0 aliphatic heterocycles. The van der Waals surface area contributed by atoms with E-state index in [0.717, 1.165) is 15.9 Å². The van der Waals surface area contributed by atoms with Gasteiger partial charge in [-0.05, 0) is 42.5 Å². The molecule has 0 unspecified atom stereocenters. The molecule has 3 aromatic rings. The van der Waals surface area contributed by atoms with Gasteiger partial charge in [0.05, 0.1) is 23.0 Å². The number of urea groups is 1. The Morgan fingerprint density at radius 1 is 1.17 bits per heavy atom. The van der Waals surface area contributed by atoms with Crippen LogP contribution in [0, 0.1) is 0 Å². The number of rotatable bonds is 2. The third-order valence-corrected chi connectivity index (χ3v) is 3.34. The Hall–Kier alpha value is -3.35. The lowest BCUT2D eigenvalue weighted by atomic mass is 10.2. The number of carbonyl (C=O) groups excluding carboxylic acids is 2. The van der Waals surface area contributed by atoms with E-state index in [4.69, 9.17) is 5.73 Å². The monoisotopic (exact) mass is 309 g/mol. The summed E-state index contributed by atoms with van der Waals surface area (Å²) < 4.78 is 0. The molecule has 7 heteroatoms. The Labute approximate surface area is 132 Å². The van der Waals surface area contributed by atoms with Crippen LogP contribution in [0.15, 0.2) is 48.8 Å². The Morgan fingerprint density at radius 3 is 2.61 bits per heavy atom. The number of fused-ring (bicyclic) bond motifs is 1. The second kappa shape index (κ2) is 5.80. The Balaban J connectivity index is 1.86. The predicted octanol–water partition coefficient (Wildman–Crippen LogP) is 2.73. The van der Waals surface area contributed by atoms with E-state index in [9.17, 15) is 9.59 Å². The number of nitrogen functional groups attached to an aromatic ring is 1. The van der Waals surface area contributed by atoms with Crippen molar-refractivity contribution in [1.29, 1.82) is 0 Å². The molecule has 0 saturated heterocycles. The summed E-state index contributed by atoms with van der Waals surface area (Å²) in [5.74, 6) is -0.394. The van der Waals surface area contributed by atoms with Crippen molar-refractivity contribution in [1.82, 2.24) is 9.97 Å². The molecule has 3 amide bonds. The van der Waals surface area contributed by atoms with Crippen molar-refractivity contribution < 1.29 is 9.59 Å². The molecule has 0 saturated carbocycles. The third-order valence-electron chi connectivity index (χ3n) is 3.34. The molecule has 0 radical (unpaired) electrons. The smallest absolute Gasteiger partial charge is 0.333 e. The largest absolute Gasteiger partial charge is 0.399 e. The number of H-pyrrole nitrogens is 1. The van der Waals surface area contributed by atoms with Crippen LogP contribution in [0.4, 0.5) is 21.9 Å². The van der Waals surface area contributed by atoms with Crippen LogP contribution in [-0.2, 0) is 4.79 Å². The highest BCUT2D eigenvalue weighted by molar-refractivity contribution is 6.18. The number of benzene rings is 2. The van der Waals surface area contributed by atoms with Gasteiger partial charge in [0.25, 0.3) is 0 Å². The molecule has 0 fully saturated rings. The summed E-state index contributed by atoms with van der Waals surface area (Å²) in [5, 5.41) is 2.71. The van der Waals surface area contributed by atoms with E-state index in [1.807, 2.05) is 0 Å². The number of hydrogen-bond donors (Lipinski definition) is 3. The van der Waals surface area contributed by atoms with E-state index >= 15 is 0 Å². The molecular formula is C16H15N5O2. The minimum atomic E-state index is -0.541. The van der Waals surface area contributed by atoms with Gasteiger partial charge in [0.1, 0.15) is 0 Å². The molecule has 4 N–H and O–H groups in total. The van der Waals surface area contributed by atoms with E-state index in [1.54, 1.807) is 48.8 Å². The van der Waals surface area contributed by atoms with Crippen molar-refractivity contribution in [2.45, 2.75) is 6.92 Å². The van der Waals surface area contributed by atoms with Gasteiger partial charge in [-0.3, -0.25) is 4.79 Å². The minimum absolute atomic E-state index is 0.394. The van der Waals surface area contributed by atoms with E-state index in [-0.39, 0.29) is 0 Å². The van der Waals surface area contributed by atoms with Crippen LogP contribution in [-0.4, -0.2) is 21.9 Å². The molecule has 0 aliphatic rings. The van der Waals surface area contributed by atoms with Crippen molar-refractivity contribution in [2.75, 3.05) is 16.0 Å². The molecule has 2 aromatic carbocycles. The molecule has 1 heterocycles. The van der Waals surface area contributed by atoms with Crippen molar-refractivity contribution in [2.24, 2.45) is 0 Å². The zero-order chi connectivity index (χ0) is 16.4.